The minimum Gasteiger partial charge on any atom is -0.494 e. The van der Waals surface area contributed by atoms with Crippen LogP contribution in [0.5, 0.6) is 5.75 Å². The highest BCUT2D eigenvalue weighted by atomic mass is 19.2. The molecule has 1 fully saturated rings. The van der Waals surface area contributed by atoms with Gasteiger partial charge in [0.05, 0.1) is 34.3 Å². The molecule has 3 N–H and O–H groups in total. The molecule has 1 unspecified atom stereocenters. The number of carbonyl (C=O) groups excluding carboxylic acids is 5. The molecule has 14 nitrogen and oxygen atoms in total. The molecule has 4 amide bonds. The van der Waals surface area contributed by atoms with Gasteiger partial charge in [-0.05, 0) is 113 Å². The Bertz CT molecular complexity index is 2390. The molecule has 17 heteroatoms. The predicted molar refractivity (Wildman–Crippen MR) is 251 cm³/mol. The quantitative estimate of drug-likeness (QED) is 0.0371. The number of imide groups is 1. The van der Waals surface area contributed by atoms with Crippen molar-refractivity contribution >= 4 is 60.5 Å². The maximum Gasteiger partial charge on any atom is 0.737 e. The van der Waals surface area contributed by atoms with Crippen LogP contribution in [0.2, 0.25) is 0 Å². The second kappa shape index (κ2) is 21.9. The molecule has 0 aliphatic carbocycles. The number of nitrogens with one attached hydrogen (secondary N) is 3. The van der Waals surface area contributed by atoms with Crippen molar-refractivity contribution in [2.75, 3.05) is 40.8 Å². The minimum atomic E-state index is -4.23. The van der Waals surface area contributed by atoms with Crippen molar-refractivity contribution in [3.8, 4) is 5.75 Å². The summed E-state index contributed by atoms with van der Waals surface area (Å²) >= 11 is 0. The van der Waals surface area contributed by atoms with Gasteiger partial charge in [-0.1, -0.05) is 31.6 Å². The first-order chi connectivity index (χ1) is 31.4. The molecule has 0 bridgehead atoms. The number of aromatic nitrogens is 2. The minimum absolute atomic E-state index is 0.0207. The number of benzene rings is 1. The first kappa shape index (κ1) is 49.3. The van der Waals surface area contributed by atoms with Gasteiger partial charge in [0.15, 0.2) is 11.4 Å². The molecule has 3 aliphatic heterocycles. The number of hydrogen-bond donors (Lipinski definition) is 3. The van der Waals surface area contributed by atoms with E-state index in [1.54, 1.807) is 24.3 Å². The zero-order valence-electron chi connectivity index (χ0n) is 39.2. The summed E-state index contributed by atoms with van der Waals surface area (Å²) in [4.78, 5) is 69.9. The Hall–Kier alpha value is -6.10. The SMILES string of the molecule is CCCCC1=CC(c2ccc(C)[nH]2)=[N+]2C1=Cc1c(C)cc(/C=C/c3ccc(OCCCC(=O)NC(CCCC[N+](C)(C)C)C(=O)NCCCCC(=O)ON4C(=O)CCC4=O)cc3)n1[B-]2(F)F. The maximum absolute atomic E-state index is 16.9. The van der Waals surface area contributed by atoms with Crippen LogP contribution in [-0.2, 0) is 28.8 Å². The molecule has 1 atom stereocenters. The third-order valence-corrected chi connectivity index (χ3v) is 11.9. The summed E-state index contributed by atoms with van der Waals surface area (Å²) in [5.41, 5.74) is 6.02. The molecule has 1 aromatic carbocycles. The van der Waals surface area contributed by atoms with E-state index < -0.39 is 30.8 Å². The number of quaternary nitrogens is 1. The van der Waals surface area contributed by atoms with E-state index in [0.717, 1.165) is 65.5 Å². The Labute approximate surface area is 386 Å². The number of amides is 4. The number of nitrogens with zero attached hydrogens (tertiary/aromatic N) is 4. The average Bonchev–Trinajstić information content (AvgIpc) is 4.04. The second-order valence-corrected chi connectivity index (χ2v) is 18.5. The van der Waals surface area contributed by atoms with E-state index >= 15 is 8.63 Å². The molecule has 0 saturated carbocycles. The number of fused-ring (bicyclic) bond motifs is 2. The fourth-order valence-corrected chi connectivity index (χ4v) is 8.40. The van der Waals surface area contributed by atoms with Gasteiger partial charge in [0.25, 0.3) is 11.8 Å². The van der Waals surface area contributed by atoms with Crippen LogP contribution in [0.4, 0.5) is 8.63 Å². The first-order valence-corrected chi connectivity index (χ1v) is 23.3. The fraction of sp³-hybridized carbons (Fsp3) is 0.469. The van der Waals surface area contributed by atoms with Crippen LogP contribution in [0.15, 0.2) is 59.8 Å². The largest absolute Gasteiger partial charge is 0.737 e. The highest BCUT2D eigenvalue weighted by Gasteiger charge is 2.54. The Kier molecular flexibility index (Phi) is 16.4. The Morgan fingerprint density at radius 3 is 2.35 bits per heavy atom. The van der Waals surface area contributed by atoms with Gasteiger partial charge in [-0.15, -0.1) is 5.06 Å². The van der Waals surface area contributed by atoms with Gasteiger partial charge in [0.1, 0.15) is 17.5 Å². The van der Waals surface area contributed by atoms with E-state index in [1.165, 1.54) is 8.96 Å². The molecule has 2 aromatic heterocycles. The maximum atomic E-state index is 16.9. The summed E-state index contributed by atoms with van der Waals surface area (Å²) in [5, 5.41) is 6.27. The Morgan fingerprint density at radius 1 is 0.924 bits per heavy atom. The number of hydrogen-bond acceptors (Lipinski definition) is 7. The molecule has 3 aromatic rings. The zero-order chi connectivity index (χ0) is 47.6. The average molecular weight is 913 g/mol. The number of allylic oxidation sites excluding steroid dienone is 2. The highest BCUT2D eigenvalue weighted by molar-refractivity contribution is 6.58. The number of unbranched alkanes of at least 4 members (excludes halogenated alkanes) is 3. The lowest BCUT2D eigenvalue weighted by Gasteiger charge is -2.31. The monoisotopic (exact) mass is 913 g/mol. The number of aryl methyl sites for hydroxylation is 2. The number of rotatable bonds is 24. The Morgan fingerprint density at radius 2 is 1.67 bits per heavy atom. The Balaban J connectivity index is 0.989. The molecule has 0 spiro atoms. The summed E-state index contributed by atoms with van der Waals surface area (Å²) in [7, 11) is 6.29. The van der Waals surface area contributed by atoms with Crippen molar-refractivity contribution < 1.29 is 51.1 Å². The van der Waals surface area contributed by atoms with E-state index in [4.69, 9.17) is 9.57 Å². The predicted octanol–water partition coefficient (Wildman–Crippen LogP) is 7.23. The number of aromatic amines is 1. The van der Waals surface area contributed by atoms with Crippen LogP contribution in [0.3, 0.4) is 0 Å². The smallest absolute Gasteiger partial charge is 0.494 e. The van der Waals surface area contributed by atoms with Gasteiger partial charge >= 0.3 is 12.9 Å². The van der Waals surface area contributed by atoms with Crippen molar-refractivity contribution in [2.45, 2.75) is 110 Å². The molecular formula is C49H65BF2N7O7+. The van der Waals surface area contributed by atoms with Crippen molar-refractivity contribution in [2.24, 2.45) is 0 Å². The van der Waals surface area contributed by atoms with Crippen molar-refractivity contribution in [3.05, 3.63) is 93.7 Å². The highest BCUT2D eigenvalue weighted by Crippen LogP contribution is 2.39. The summed E-state index contributed by atoms with van der Waals surface area (Å²) in [6.45, 7) is 3.11. The summed E-state index contributed by atoms with van der Waals surface area (Å²) < 4.78 is 42.9. The van der Waals surface area contributed by atoms with Crippen LogP contribution >= 0.6 is 0 Å². The number of halogens is 2. The van der Waals surface area contributed by atoms with Crippen LogP contribution in [0.1, 0.15) is 124 Å². The fourth-order valence-electron chi connectivity index (χ4n) is 8.40. The van der Waals surface area contributed by atoms with Crippen LogP contribution in [0.25, 0.3) is 18.2 Å². The van der Waals surface area contributed by atoms with Gasteiger partial charge in [-0.3, -0.25) is 19.2 Å². The van der Waals surface area contributed by atoms with Gasteiger partial charge < -0.3 is 47.3 Å². The molecular weight excluding hydrogens is 847 g/mol. The molecule has 0 radical (unpaired) electrons. The number of ether oxygens (including phenoxy) is 1. The van der Waals surface area contributed by atoms with E-state index in [2.05, 4.69) is 43.7 Å². The molecule has 3 aliphatic rings. The van der Waals surface area contributed by atoms with E-state index in [9.17, 15) is 24.0 Å². The lowest BCUT2D eigenvalue weighted by molar-refractivity contribution is -0.870. The van der Waals surface area contributed by atoms with Crippen LogP contribution in [0, 0.1) is 13.8 Å². The first-order valence-electron chi connectivity index (χ1n) is 23.3. The van der Waals surface area contributed by atoms with Crippen molar-refractivity contribution in [3.63, 3.8) is 0 Å². The van der Waals surface area contributed by atoms with Crippen LogP contribution < -0.4 is 15.4 Å². The molecule has 66 heavy (non-hydrogen) atoms. The number of hydroxylamine groups is 2. The number of carbonyl (C=O) groups is 5. The van der Waals surface area contributed by atoms with Gasteiger partial charge in [-0.2, -0.15) is 0 Å². The molecule has 354 valence electrons. The number of H-pyrrole nitrogens is 1. The summed E-state index contributed by atoms with van der Waals surface area (Å²) in [5.74, 6) is -1.74. The summed E-state index contributed by atoms with van der Waals surface area (Å²) in [6.07, 6.45) is 13.4. The zero-order valence-corrected chi connectivity index (χ0v) is 39.2. The van der Waals surface area contributed by atoms with Crippen LogP contribution in [-0.4, -0.2) is 113 Å². The van der Waals surface area contributed by atoms with E-state index in [1.807, 2.05) is 56.3 Å². The van der Waals surface area contributed by atoms with Gasteiger partial charge in [0, 0.05) is 67.0 Å². The molecule has 1 saturated heterocycles. The van der Waals surface area contributed by atoms with E-state index in [0.29, 0.717) is 65.0 Å². The van der Waals surface area contributed by atoms with Crippen molar-refractivity contribution in [1.29, 1.82) is 0 Å². The molecule has 5 heterocycles. The molecule has 6 rings (SSSR count). The van der Waals surface area contributed by atoms with Crippen molar-refractivity contribution in [1.82, 2.24) is 25.2 Å². The third kappa shape index (κ3) is 12.6. The van der Waals surface area contributed by atoms with Gasteiger partial charge in [0.2, 0.25) is 11.8 Å². The summed E-state index contributed by atoms with van der Waals surface area (Å²) in [6, 6.07) is 12.1. The second-order valence-electron chi connectivity index (χ2n) is 18.5. The standard InChI is InChI=1S/C49H64BF2N7O7/c1-7-8-14-37-32-44(40-25-18-35(3)54-40)57-43(37)33-42-34(2)31-38(56(42)50(57,51)52)22-19-36-20-23-39(24-21-36)65-30-13-16-45(60)55-41(15-10-12-29-59(4,5)6)49(64)53-28-11-9-17-48(63)66-58-46(61)26-27-47(58)62/h18-25,31-33,41,54H,7-17,26-30H2,1-6H3,(H-,53,55,60,64)/p+1/b22-19+. The topological polar surface area (TPSA) is 155 Å². The normalized spacial score (nSPS) is 16.0. The lowest BCUT2D eigenvalue weighted by atomic mass is 9.88. The third-order valence-electron chi connectivity index (χ3n) is 11.9. The van der Waals surface area contributed by atoms with E-state index in [-0.39, 0.29) is 50.6 Å². The van der Waals surface area contributed by atoms with Gasteiger partial charge in [-0.25, -0.2) is 4.79 Å². The lowest BCUT2D eigenvalue weighted by Crippen LogP contribution is -2.51.